The van der Waals surface area contributed by atoms with E-state index < -0.39 is 0 Å². The van der Waals surface area contributed by atoms with Crippen LogP contribution >= 0.6 is 11.6 Å². The van der Waals surface area contributed by atoms with Crippen LogP contribution in [0.5, 0.6) is 5.75 Å². The van der Waals surface area contributed by atoms with Crippen LogP contribution in [0.3, 0.4) is 0 Å². The Morgan fingerprint density at radius 1 is 1.27 bits per heavy atom. The van der Waals surface area contributed by atoms with Crippen LogP contribution < -0.4 is 4.74 Å². The second-order valence-electron chi connectivity index (χ2n) is 4.84. The Morgan fingerprint density at radius 3 is 2.86 bits per heavy atom. The molecular formula is C17H14ClNO3. The van der Waals surface area contributed by atoms with Crippen molar-refractivity contribution in [2.24, 2.45) is 5.16 Å². The first kappa shape index (κ1) is 14.6. The largest absolute Gasteiger partial charge is 0.492 e. The summed E-state index contributed by atoms with van der Waals surface area (Å²) in [5, 5.41) is 4.56. The first-order valence-corrected chi connectivity index (χ1v) is 7.25. The minimum absolute atomic E-state index is 0.117. The maximum Gasteiger partial charge on any atom is 0.193 e. The van der Waals surface area contributed by atoms with Gasteiger partial charge in [-0.1, -0.05) is 41.0 Å². The van der Waals surface area contributed by atoms with Gasteiger partial charge in [0.1, 0.15) is 12.9 Å². The van der Waals surface area contributed by atoms with Crippen molar-refractivity contribution >= 4 is 23.1 Å². The highest BCUT2D eigenvalue weighted by Crippen LogP contribution is 2.30. The number of nitrogens with zero attached hydrogens (tertiary/aromatic N) is 1. The van der Waals surface area contributed by atoms with Gasteiger partial charge < -0.3 is 9.57 Å². The van der Waals surface area contributed by atoms with Crippen molar-refractivity contribution in [3.8, 4) is 5.75 Å². The molecule has 0 N–H and O–H groups in total. The second kappa shape index (κ2) is 6.20. The molecule has 0 bridgehead atoms. The minimum Gasteiger partial charge on any atom is -0.492 e. The Balaban J connectivity index is 2.12. The fourth-order valence-electron chi connectivity index (χ4n) is 2.51. The van der Waals surface area contributed by atoms with Crippen molar-refractivity contribution in [2.45, 2.75) is 6.42 Å². The molecule has 1 aliphatic rings. The number of fused-ring (bicyclic) bond motifs is 1. The summed E-state index contributed by atoms with van der Waals surface area (Å²) in [7, 11) is 1.49. The predicted octanol–water partition coefficient (Wildman–Crippen LogP) is 3.70. The van der Waals surface area contributed by atoms with Crippen LogP contribution in [0.2, 0.25) is 5.02 Å². The zero-order chi connectivity index (χ0) is 15.5. The molecule has 4 nitrogen and oxygen atoms in total. The fourth-order valence-corrected chi connectivity index (χ4v) is 2.70. The Kier molecular flexibility index (Phi) is 4.11. The first-order chi connectivity index (χ1) is 10.7. The first-order valence-electron chi connectivity index (χ1n) is 6.87. The summed E-state index contributed by atoms with van der Waals surface area (Å²) in [4.78, 5) is 17.7. The van der Waals surface area contributed by atoms with Gasteiger partial charge in [-0.05, 0) is 18.2 Å². The van der Waals surface area contributed by atoms with Crippen LogP contribution in [-0.4, -0.2) is 25.2 Å². The Hall–Kier alpha value is -2.33. The van der Waals surface area contributed by atoms with Crippen LogP contribution in [0, 0.1) is 0 Å². The van der Waals surface area contributed by atoms with Gasteiger partial charge in [0, 0.05) is 22.6 Å². The summed E-state index contributed by atoms with van der Waals surface area (Å²) in [5.74, 6) is 0.531. The Bertz CT molecular complexity index is 755. The third-order valence-corrected chi connectivity index (χ3v) is 3.68. The summed E-state index contributed by atoms with van der Waals surface area (Å²) in [6.45, 7) is 0.518. The van der Waals surface area contributed by atoms with Crippen molar-refractivity contribution in [3.05, 3.63) is 64.2 Å². The predicted molar refractivity (Wildman–Crippen MR) is 85.0 cm³/mol. The number of hydrogen-bond acceptors (Lipinski definition) is 4. The van der Waals surface area contributed by atoms with E-state index in [4.69, 9.17) is 21.2 Å². The molecule has 1 heterocycles. The molecule has 1 aliphatic heterocycles. The Morgan fingerprint density at radius 2 is 2.09 bits per heavy atom. The van der Waals surface area contributed by atoms with Crippen molar-refractivity contribution in [3.63, 3.8) is 0 Å². The molecule has 2 aromatic rings. The van der Waals surface area contributed by atoms with Gasteiger partial charge in [-0.2, -0.15) is 0 Å². The molecule has 0 spiro atoms. The quantitative estimate of drug-likeness (QED) is 0.641. The molecule has 5 heteroatoms. The Labute approximate surface area is 133 Å². The molecule has 0 saturated heterocycles. The highest BCUT2D eigenvalue weighted by molar-refractivity contribution is 6.31. The smallest absolute Gasteiger partial charge is 0.193 e. The second-order valence-corrected chi connectivity index (χ2v) is 5.27. The summed E-state index contributed by atoms with van der Waals surface area (Å²) in [6.07, 6.45) is 0.598. The van der Waals surface area contributed by atoms with Crippen LogP contribution in [0.1, 0.15) is 27.9 Å². The van der Waals surface area contributed by atoms with Gasteiger partial charge in [-0.3, -0.25) is 4.79 Å². The number of oxime groups is 1. The maximum absolute atomic E-state index is 12.8. The van der Waals surface area contributed by atoms with Crippen LogP contribution in [-0.2, 0) is 4.84 Å². The number of ketones is 1. The summed E-state index contributed by atoms with van der Waals surface area (Å²) >= 11 is 5.98. The molecule has 0 saturated carbocycles. The van der Waals surface area contributed by atoms with Gasteiger partial charge in [0.05, 0.1) is 17.9 Å². The molecule has 0 aliphatic carbocycles. The summed E-state index contributed by atoms with van der Waals surface area (Å²) < 4.78 is 5.64. The van der Waals surface area contributed by atoms with Crippen molar-refractivity contribution < 1.29 is 14.4 Å². The van der Waals surface area contributed by atoms with Gasteiger partial charge in [0.25, 0.3) is 0 Å². The minimum atomic E-state index is -0.117. The van der Waals surface area contributed by atoms with Crippen molar-refractivity contribution in [1.82, 2.24) is 0 Å². The van der Waals surface area contributed by atoms with E-state index in [9.17, 15) is 4.79 Å². The number of ether oxygens (including phenoxy) is 1. The van der Waals surface area contributed by atoms with Crippen LogP contribution in [0.15, 0.2) is 47.6 Å². The third kappa shape index (κ3) is 2.70. The zero-order valence-corrected chi connectivity index (χ0v) is 12.8. The molecule has 0 amide bonds. The van der Waals surface area contributed by atoms with Gasteiger partial charge in [-0.25, -0.2) is 0 Å². The molecular weight excluding hydrogens is 302 g/mol. The molecule has 22 heavy (non-hydrogen) atoms. The molecule has 112 valence electrons. The van der Waals surface area contributed by atoms with E-state index in [0.717, 1.165) is 5.71 Å². The number of benzene rings is 2. The van der Waals surface area contributed by atoms with E-state index in [2.05, 4.69) is 5.16 Å². The average Bonchev–Trinajstić information content (AvgIpc) is 2.54. The normalized spacial score (nSPS) is 15.1. The molecule has 0 atom stereocenters. The lowest BCUT2D eigenvalue weighted by Gasteiger charge is -2.21. The van der Waals surface area contributed by atoms with E-state index in [0.29, 0.717) is 40.5 Å². The molecule has 2 aromatic carbocycles. The highest BCUT2D eigenvalue weighted by atomic mass is 35.5. The molecule has 0 radical (unpaired) electrons. The molecule has 0 unspecified atom stereocenters. The van der Waals surface area contributed by atoms with Gasteiger partial charge in [-0.15, -0.1) is 0 Å². The average molecular weight is 316 g/mol. The summed E-state index contributed by atoms with van der Waals surface area (Å²) in [5.41, 5.74) is 2.48. The maximum atomic E-state index is 12.8. The van der Waals surface area contributed by atoms with E-state index in [-0.39, 0.29) is 5.78 Å². The van der Waals surface area contributed by atoms with E-state index >= 15 is 0 Å². The standard InChI is InChI=1S/C17H14ClNO3/c1-21-19-14-8-9-22-15-7-3-6-13(16(14)15)17(20)11-4-2-5-12(18)10-11/h2-7,10H,8-9H2,1H3/b19-14+. The van der Waals surface area contributed by atoms with Gasteiger partial charge >= 0.3 is 0 Å². The number of carbonyl (C=O) groups excluding carboxylic acids is 1. The van der Waals surface area contributed by atoms with Gasteiger partial charge in [0.2, 0.25) is 0 Å². The molecule has 3 rings (SSSR count). The van der Waals surface area contributed by atoms with Gasteiger partial charge in [0.15, 0.2) is 5.78 Å². The molecule has 0 aromatic heterocycles. The van der Waals surface area contributed by atoms with Crippen molar-refractivity contribution in [1.29, 1.82) is 0 Å². The SMILES string of the molecule is CO/N=C1\CCOc2cccc(C(=O)c3cccc(Cl)c3)c21. The monoisotopic (exact) mass is 315 g/mol. The third-order valence-electron chi connectivity index (χ3n) is 3.44. The number of halogens is 1. The topological polar surface area (TPSA) is 47.9 Å². The van der Waals surface area contributed by atoms with E-state index in [1.54, 1.807) is 36.4 Å². The zero-order valence-electron chi connectivity index (χ0n) is 12.0. The lowest BCUT2D eigenvalue weighted by atomic mass is 9.93. The van der Waals surface area contributed by atoms with E-state index in [1.807, 2.05) is 6.07 Å². The number of carbonyl (C=O) groups is 1. The lowest BCUT2D eigenvalue weighted by molar-refractivity contribution is 0.103. The fraction of sp³-hybridized carbons (Fsp3) is 0.176. The van der Waals surface area contributed by atoms with Crippen LogP contribution in [0.4, 0.5) is 0 Å². The number of hydrogen-bond donors (Lipinski definition) is 0. The number of rotatable bonds is 3. The lowest BCUT2D eigenvalue weighted by Crippen LogP contribution is -2.20. The molecule has 0 fully saturated rings. The van der Waals surface area contributed by atoms with Crippen LogP contribution in [0.25, 0.3) is 0 Å². The van der Waals surface area contributed by atoms with Crippen molar-refractivity contribution in [2.75, 3.05) is 13.7 Å². The summed E-state index contributed by atoms with van der Waals surface area (Å²) in [6, 6.07) is 12.3. The van der Waals surface area contributed by atoms with E-state index in [1.165, 1.54) is 7.11 Å². The highest BCUT2D eigenvalue weighted by Gasteiger charge is 2.25.